The Labute approximate surface area is 195 Å². The van der Waals surface area contributed by atoms with Gasteiger partial charge in [0, 0.05) is 11.6 Å². The third-order valence-corrected chi connectivity index (χ3v) is 7.07. The van der Waals surface area contributed by atoms with Crippen molar-refractivity contribution in [3.05, 3.63) is 22.9 Å². The quantitative estimate of drug-likeness (QED) is 0.365. The third-order valence-electron chi connectivity index (χ3n) is 6.39. The number of hydrogen-bond donors (Lipinski definition) is 2. The van der Waals surface area contributed by atoms with Gasteiger partial charge in [-0.15, -0.1) is 11.8 Å². The van der Waals surface area contributed by atoms with E-state index in [2.05, 4.69) is 22.7 Å². The molecule has 0 aromatic carbocycles. The minimum absolute atomic E-state index is 0.0526. The Balaban J connectivity index is 1.40. The van der Waals surface area contributed by atoms with Gasteiger partial charge in [-0.2, -0.15) is 10.3 Å². The van der Waals surface area contributed by atoms with E-state index in [1.165, 1.54) is 11.8 Å². The van der Waals surface area contributed by atoms with Crippen LogP contribution in [0.2, 0.25) is 0 Å². The molecule has 2 N–H and O–H groups in total. The summed E-state index contributed by atoms with van der Waals surface area (Å²) in [5.74, 6) is -1.43. The maximum absolute atomic E-state index is 12.8. The lowest BCUT2D eigenvalue weighted by molar-refractivity contribution is -0.141. The standard InChI is InChI=1S/C22H25N5O5S/c1-12-5-7-22(8-6-12)20(30)27(21(31)25-22)26-17(28)11-32-19(29)14-9-16(13-3-4-13)24-18(33-2)15(14)10-23/h9,12-13H,3-8,11H2,1-2H3,(H,25,31)(H,26,28). The predicted molar refractivity (Wildman–Crippen MR) is 117 cm³/mol. The van der Waals surface area contributed by atoms with Crippen LogP contribution in [0.25, 0.3) is 0 Å². The van der Waals surface area contributed by atoms with Gasteiger partial charge in [0.1, 0.15) is 16.6 Å². The number of amides is 4. The first-order chi connectivity index (χ1) is 15.8. The van der Waals surface area contributed by atoms with Gasteiger partial charge in [0.25, 0.3) is 11.8 Å². The zero-order valence-corrected chi connectivity index (χ0v) is 19.3. The average molecular weight is 472 g/mol. The zero-order chi connectivity index (χ0) is 23.8. The van der Waals surface area contributed by atoms with E-state index in [9.17, 15) is 24.4 Å². The van der Waals surface area contributed by atoms with E-state index >= 15 is 0 Å². The lowest BCUT2D eigenvalue weighted by atomic mass is 9.77. The van der Waals surface area contributed by atoms with Crippen molar-refractivity contribution in [1.29, 1.82) is 5.26 Å². The van der Waals surface area contributed by atoms with Crippen LogP contribution >= 0.6 is 11.8 Å². The molecule has 4 rings (SSSR count). The van der Waals surface area contributed by atoms with Gasteiger partial charge in [0.2, 0.25) is 0 Å². The minimum Gasteiger partial charge on any atom is -0.452 e. The molecule has 0 atom stereocenters. The summed E-state index contributed by atoms with van der Waals surface area (Å²) in [5.41, 5.74) is 2.12. The van der Waals surface area contributed by atoms with Crippen LogP contribution in [0.5, 0.6) is 0 Å². The zero-order valence-electron chi connectivity index (χ0n) is 18.5. The van der Waals surface area contributed by atoms with E-state index in [1.54, 1.807) is 12.3 Å². The monoisotopic (exact) mass is 471 g/mol. The number of pyridine rings is 1. The van der Waals surface area contributed by atoms with Gasteiger partial charge in [0.05, 0.1) is 11.1 Å². The number of ether oxygens (including phenoxy) is 1. The van der Waals surface area contributed by atoms with Crippen molar-refractivity contribution in [2.24, 2.45) is 5.92 Å². The summed E-state index contributed by atoms with van der Waals surface area (Å²) < 4.78 is 5.11. The number of rotatable bonds is 6. The Kier molecular flexibility index (Phi) is 6.30. The fourth-order valence-electron chi connectivity index (χ4n) is 4.23. The normalized spacial score (nSPS) is 24.4. The number of aromatic nitrogens is 1. The van der Waals surface area contributed by atoms with E-state index in [0.29, 0.717) is 28.8 Å². The number of thioether (sulfide) groups is 1. The van der Waals surface area contributed by atoms with Crippen molar-refractivity contribution in [3.63, 3.8) is 0 Å². The number of hydrogen-bond acceptors (Lipinski definition) is 8. The van der Waals surface area contributed by atoms with Gasteiger partial charge in [-0.25, -0.2) is 14.6 Å². The Morgan fingerprint density at radius 2 is 2.03 bits per heavy atom. The molecule has 11 heteroatoms. The van der Waals surface area contributed by atoms with Gasteiger partial charge >= 0.3 is 12.0 Å². The number of esters is 1. The molecular formula is C22H25N5O5S. The van der Waals surface area contributed by atoms with E-state index in [-0.39, 0.29) is 17.0 Å². The highest BCUT2D eigenvalue weighted by atomic mass is 32.2. The Bertz CT molecular complexity index is 1060. The second-order valence-corrected chi connectivity index (χ2v) is 9.61. The minimum atomic E-state index is -0.986. The van der Waals surface area contributed by atoms with E-state index in [1.807, 2.05) is 6.07 Å². The molecule has 3 fully saturated rings. The van der Waals surface area contributed by atoms with Crippen molar-refractivity contribution in [2.45, 2.75) is 61.9 Å². The molecule has 0 bridgehead atoms. The first-order valence-electron chi connectivity index (χ1n) is 10.9. The highest BCUT2D eigenvalue weighted by Gasteiger charge is 2.52. The summed E-state index contributed by atoms with van der Waals surface area (Å²) in [7, 11) is 0. The highest BCUT2D eigenvalue weighted by molar-refractivity contribution is 7.98. The van der Waals surface area contributed by atoms with Crippen LogP contribution < -0.4 is 10.7 Å². The number of imide groups is 1. The third kappa shape index (κ3) is 4.53. The van der Waals surface area contributed by atoms with Crippen LogP contribution in [0, 0.1) is 17.2 Å². The average Bonchev–Trinajstić information content (AvgIpc) is 3.63. The Morgan fingerprint density at radius 1 is 1.33 bits per heavy atom. The van der Waals surface area contributed by atoms with Crippen molar-refractivity contribution in [3.8, 4) is 6.07 Å². The number of nitriles is 1. The molecule has 1 saturated heterocycles. The first kappa shape index (κ1) is 23.0. The number of urea groups is 1. The van der Waals surface area contributed by atoms with Crippen LogP contribution in [0.3, 0.4) is 0 Å². The van der Waals surface area contributed by atoms with Gasteiger partial charge in [-0.1, -0.05) is 6.92 Å². The van der Waals surface area contributed by atoms with Crippen molar-refractivity contribution in [1.82, 2.24) is 20.7 Å². The molecule has 0 unspecified atom stereocenters. The number of carbonyl (C=O) groups excluding carboxylic acids is 4. The Hall–Kier alpha value is -3.13. The number of hydrazine groups is 1. The first-order valence-corrected chi connectivity index (χ1v) is 12.1. The molecule has 10 nitrogen and oxygen atoms in total. The number of nitrogens with zero attached hydrogens (tertiary/aromatic N) is 3. The second kappa shape index (κ2) is 9.02. The smallest absolute Gasteiger partial charge is 0.344 e. The maximum atomic E-state index is 12.8. The van der Waals surface area contributed by atoms with Crippen LogP contribution in [0.1, 0.15) is 73.0 Å². The summed E-state index contributed by atoms with van der Waals surface area (Å²) in [5, 5.41) is 13.3. The predicted octanol–water partition coefficient (Wildman–Crippen LogP) is 2.24. The van der Waals surface area contributed by atoms with Gasteiger partial charge in [0.15, 0.2) is 6.61 Å². The Morgan fingerprint density at radius 3 is 2.64 bits per heavy atom. The van der Waals surface area contributed by atoms with Gasteiger partial charge in [-0.05, 0) is 56.8 Å². The maximum Gasteiger partial charge on any atom is 0.344 e. The topological polar surface area (TPSA) is 141 Å². The van der Waals surface area contributed by atoms with Crippen molar-refractivity contribution in [2.75, 3.05) is 12.9 Å². The summed E-state index contributed by atoms with van der Waals surface area (Å²) >= 11 is 1.26. The summed E-state index contributed by atoms with van der Waals surface area (Å²) in [6.07, 6.45) is 6.34. The molecule has 2 aliphatic carbocycles. The largest absolute Gasteiger partial charge is 0.452 e. The van der Waals surface area contributed by atoms with E-state index in [4.69, 9.17) is 4.74 Å². The lowest BCUT2D eigenvalue weighted by Crippen LogP contribution is -2.52. The molecule has 1 aromatic heterocycles. The molecular weight excluding hydrogens is 446 g/mol. The summed E-state index contributed by atoms with van der Waals surface area (Å²) in [4.78, 5) is 54.7. The van der Waals surface area contributed by atoms with E-state index < -0.39 is 36.0 Å². The molecule has 1 spiro atoms. The summed E-state index contributed by atoms with van der Waals surface area (Å²) in [6, 6.07) is 2.83. The van der Waals surface area contributed by atoms with Crippen molar-refractivity contribution < 1.29 is 23.9 Å². The van der Waals surface area contributed by atoms with Crippen molar-refractivity contribution >= 4 is 35.6 Å². The molecule has 4 amide bonds. The highest BCUT2D eigenvalue weighted by Crippen LogP contribution is 2.40. The molecule has 174 valence electrons. The molecule has 3 aliphatic rings. The molecule has 1 aliphatic heterocycles. The molecule has 1 aromatic rings. The van der Waals surface area contributed by atoms with Crippen LogP contribution in [-0.4, -0.2) is 52.2 Å². The molecule has 0 radical (unpaired) electrons. The molecule has 2 heterocycles. The fourth-order valence-corrected chi connectivity index (χ4v) is 4.78. The summed E-state index contributed by atoms with van der Waals surface area (Å²) in [6.45, 7) is 1.39. The van der Waals surface area contributed by atoms with Gasteiger partial charge in [-0.3, -0.25) is 15.0 Å². The second-order valence-electron chi connectivity index (χ2n) is 8.81. The molecule has 2 saturated carbocycles. The van der Waals surface area contributed by atoms with Crippen LogP contribution in [-0.2, 0) is 14.3 Å². The molecule has 33 heavy (non-hydrogen) atoms. The van der Waals surface area contributed by atoms with E-state index in [0.717, 1.165) is 31.4 Å². The fraction of sp³-hybridized carbons (Fsp3) is 0.545. The van der Waals surface area contributed by atoms with Crippen LogP contribution in [0.4, 0.5) is 4.79 Å². The SMILES string of the molecule is CSc1nc(C2CC2)cc(C(=O)OCC(=O)NN2C(=O)NC3(CCC(C)CC3)C2=O)c1C#N. The lowest BCUT2D eigenvalue weighted by Gasteiger charge is -2.33. The van der Waals surface area contributed by atoms with Crippen LogP contribution in [0.15, 0.2) is 11.1 Å². The number of carbonyl (C=O) groups is 4. The number of nitrogens with one attached hydrogen (secondary N) is 2. The van der Waals surface area contributed by atoms with Gasteiger partial charge < -0.3 is 10.1 Å².